The number of guanidine groups is 1. The molecule has 1 heterocycles. The van der Waals surface area contributed by atoms with Gasteiger partial charge in [0.05, 0.1) is 0 Å². The summed E-state index contributed by atoms with van der Waals surface area (Å²) in [6.45, 7) is 8.69. The van der Waals surface area contributed by atoms with E-state index in [0.29, 0.717) is 38.7 Å². The number of carbonyl (C=O) groups is 1. The van der Waals surface area contributed by atoms with E-state index in [1.807, 2.05) is 49.9 Å². The van der Waals surface area contributed by atoms with Crippen molar-refractivity contribution in [3.8, 4) is 0 Å². The molecule has 0 bridgehead atoms. The highest BCUT2D eigenvalue weighted by Crippen LogP contribution is 2.12. The molecule has 1 aliphatic rings. The molecule has 0 aliphatic carbocycles. The number of piperazine rings is 1. The monoisotopic (exact) mass is 494 g/mol. The average Bonchev–Trinajstić information content (AvgIpc) is 2.53. The van der Waals surface area contributed by atoms with Gasteiger partial charge in [-0.3, -0.25) is 4.99 Å². The van der Waals surface area contributed by atoms with Crippen molar-refractivity contribution >= 4 is 47.6 Å². The highest BCUT2D eigenvalue weighted by molar-refractivity contribution is 14.0. The molecule has 146 valence electrons. The second kappa shape index (κ2) is 10.2. The van der Waals surface area contributed by atoms with E-state index in [4.69, 9.17) is 22.1 Å². The van der Waals surface area contributed by atoms with Crippen LogP contribution in [0.25, 0.3) is 0 Å². The number of ether oxygens (including phenoxy) is 1. The van der Waals surface area contributed by atoms with Crippen LogP contribution in [-0.2, 0) is 11.2 Å². The van der Waals surface area contributed by atoms with Gasteiger partial charge in [-0.2, -0.15) is 0 Å². The van der Waals surface area contributed by atoms with Gasteiger partial charge >= 0.3 is 6.09 Å². The third-order valence-electron chi connectivity index (χ3n) is 3.82. The van der Waals surface area contributed by atoms with E-state index in [-0.39, 0.29) is 30.1 Å². The number of halogens is 2. The van der Waals surface area contributed by atoms with Crippen LogP contribution in [0.5, 0.6) is 0 Å². The van der Waals surface area contributed by atoms with E-state index < -0.39 is 5.60 Å². The Balaban J connectivity index is 0.00000338. The predicted molar refractivity (Wildman–Crippen MR) is 116 cm³/mol. The number of rotatable bonds is 3. The van der Waals surface area contributed by atoms with E-state index in [2.05, 4.69) is 4.99 Å². The number of hydrogen-bond acceptors (Lipinski definition) is 3. The quantitative estimate of drug-likeness (QED) is 0.397. The van der Waals surface area contributed by atoms with Crippen LogP contribution in [0.2, 0.25) is 5.02 Å². The van der Waals surface area contributed by atoms with E-state index >= 15 is 0 Å². The number of amides is 1. The van der Waals surface area contributed by atoms with Crippen molar-refractivity contribution in [1.82, 2.24) is 9.80 Å². The molecule has 0 radical (unpaired) electrons. The van der Waals surface area contributed by atoms with Crippen LogP contribution >= 0.6 is 35.6 Å². The minimum Gasteiger partial charge on any atom is -0.444 e. The number of benzene rings is 1. The van der Waals surface area contributed by atoms with Crippen LogP contribution < -0.4 is 5.73 Å². The lowest BCUT2D eigenvalue weighted by Gasteiger charge is -2.36. The minimum absolute atomic E-state index is 0. The van der Waals surface area contributed by atoms with E-state index in [0.717, 1.165) is 17.0 Å². The molecule has 2 rings (SSSR count). The maximum absolute atomic E-state index is 12.1. The van der Waals surface area contributed by atoms with E-state index in [1.165, 1.54) is 0 Å². The molecule has 2 N–H and O–H groups in total. The van der Waals surface area contributed by atoms with Gasteiger partial charge in [-0.05, 0) is 44.9 Å². The van der Waals surface area contributed by atoms with Crippen LogP contribution in [0.3, 0.4) is 0 Å². The van der Waals surface area contributed by atoms with Gasteiger partial charge in [-0.15, -0.1) is 24.0 Å². The highest BCUT2D eigenvalue weighted by atomic mass is 127. The lowest BCUT2D eigenvalue weighted by molar-refractivity contribution is 0.0186. The average molecular weight is 495 g/mol. The summed E-state index contributed by atoms with van der Waals surface area (Å²) in [5, 5.41) is 0.729. The zero-order chi connectivity index (χ0) is 18.4. The highest BCUT2D eigenvalue weighted by Gasteiger charge is 2.26. The Morgan fingerprint density at radius 1 is 1.23 bits per heavy atom. The Morgan fingerprint density at radius 2 is 1.85 bits per heavy atom. The maximum Gasteiger partial charge on any atom is 0.410 e. The van der Waals surface area contributed by atoms with Crippen molar-refractivity contribution in [2.45, 2.75) is 32.8 Å². The van der Waals surface area contributed by atoms with Crippen molar-refractivity contribution in [1.29, 1.82) is 0 Å². The van der Waals surface area contributed by atoms with Gasteiger partial charge in [0.15, 0.2) is 5.96 Å². The molecule has 0 unspecified atom stereocenters. The SMILES string of the molecule is CC(C)(C)OC(=O)N1CCN(C(N)=NCCc2cccc(Cl)c2)CC1.I. The van der Waals surface area contributed by atoms with Gasteiger partial charge in [0.25, 0.3) is 0 Å². The zero-order valence-corrected chi connectivity index (χ0v) is 18.7. The number of hydrogen-bond donors (Lipinski definition) is 1. The topological polar surface area (TPSA) is 71.2 Å². The van der Waals surface area contributed by atoms with Gasteiger partial charge < -0.3 is 20.3 Å². The lowest BCUT2D eigenvalue weighted by Crippen LogP contribution is -2.53. The summed E-state index contributed by atoms with van der Waals surface area (Å²) in [5.41, 5.74) is 6.74. The predicted octanol–water partition coefficient (Wildman–Crippen LogP) is 3.37. The molecule has 8 heteroatoms. The van der Waals surface area contributed by atoms with E-state index in [1.54, 1.807) is 4.90 Å². The van der Waals surface area contributed by atoms with Crippen molar-refractivity contribution < 1.29 is 9.53 Å². The fourth-order valence-electron chi connectivity index (χ4n) is 2.54. The Kier molecular flexibility index (Phi) is 8.95. The second-order valence-electron chi connectivity index (χ2n) is 7.07. The Labute approximate surface area is 177 Å². The second-order valence-corrected chi connectivity index (χ2v) is 7.51. The van der Waals surface area contributed by atoms with E-state index in [9.17, 15) is 4.79 Å². The molecular formula is C18H28ClIN4O2. The smallest absolute Gasteiger partial charge is 0.410 e. The molecule has 0 aromatic heterocycles. The standard InChI is InChI=1S/C18H27ClN4O2.HI/c1-18(2,3)25-17(24)23-11-9-22(10-12-23)16(20)21-8-7-14-5-4-6-15(19)13-14;/h4-6,13H,7-12H2,1-3H3,(H2,20,21);1H. The zero-order valence-electron chi connectivity index (χ0n) is 15.6. The third kappa shape index (κ3) is 7.57. The minimum atomic E-state index is -0.477. The first-order valence-corrected chi connectivity index (χ1v) is 8.89. The van der Waals surface area contributed by atoms with Gasteiger partial charge in [0, 0.05) is 37.7 Å². The van der Waals surface area contributed by atoms with Crippen LogP contribution in [0.15, 0.2) is 29.3 Å². The van der Waals surface area contributed by atoms with Gasteiger partial charge in [-0.25, -0.2) is 4.79 Å². The molecule has 1 amide bonds. The maximum atomic E-state index is 12.1. The van der Waals surface area contributed by atoms with Crippen LogP contribution in [0.1, 0.15) is 26.3 Å². The summed E-state index contributed by atoms with van der Waals surface area (Å²) in [6, 6.07) is 7.75. The number of aliphatic imine (C=N–C) groups is 1. The fraction of sp³-hybridized carbons (Fsp3) is 0.556. The summed E-state index contributed by atoms with van der Waals surface area (Å²) < 4.78 is 5.39. The van der Waals surface area contributed by atoms with Crippen LogP contribution in [0, 0.1) is 0 Å². The molecule has 1 saturated heterocycles. The molecular weight excluding hydrogens is 467 g/mol. The number of nitrogens with two attached hydrogens (primary N) is 1. The van der Waals surface area contributed by atoms with Gasteiger partial charge in [0.1, 0.15) is 5.60 Å². The Morgan fingerprint density at radius 3 is 2.42 bits per heavy atom. The molecule has 1 aromatic rings. The van der Waals surface area contributed by atoms with Crippen molar-refractivity contribution in [3.63, 3.8) is 0 Å². The third-order valence-corrected chi connectivity index (χ3v) is 4.05. The molecule has 26 heavy (non-hydrogen) atoms. The summed E-state index contributed by atoms with van der Waals surface area (Å²) in [6.07, 6.45) is 0.516. The molecule has 1 aliphatic heterocycles. The van der Waals surface area contributed by atoms with Crippen molar-refractivity contribution in [2.75, 3.05) is 32.7 Å². The lowest BCUT2D eigenvalue weighted by atomic mass is 10.1. The first-order chi connectivity index (χ1) is 11.7. The first kappa shape index (κ1) is 22.8. The Bertz CT molecular complexity index is 626. The van der Waals surface area contributed by atoms with Crippen LogP contribution in [0.4, 0.5) is 4.79 Å². The molecule has 0 atom stereocenters. The number of nitrogens with zero attached hydrogens (tertiary/aromatic N) is 3. The fourth-order valence-corrected chi connectivity index (χ4v) is 2.75. The molecule has 1 aromatic carbocycles. The van der Waals surface area contributed by atoms with Crippen LogP contribution in [-0.4, -0.2) is 60.2 Å². The van der Waals surface area contributed by atoms with Gasteiger partial charge in [0.2, 0.25) is 0 Å². The molecule has 0 saturated carbocycles. The first-order valence-electron chi connectivity index (χ1n) is 8.52. The molecule has 0 spiro atoms. The molecule has 6 nitrogen and oxygen atoms in total. The van der Waals surface area contributed by atoms with Crippen molar-refractivity contribution in [2.24, 2.45) is 10.7 Å². The Hall–Kier alpha value is -1.22. The molecule has 1 fully saturated rings. The van der Waals surface area contributed by atoms with Crippen molar-refractivity contribution in [3.05, 3.63) is 34.9 Å². The summed E-state index contributed by atoms with van der Waals surface area (Å²) in [4.78, 5) is 20.2. The van der Waals surface area contributed by atoms with Gasteiger partial charge in [-0.1, -0.05) is 23.7 Å². The summed E-state index contributed by atoms with van der Waals surface area (Å²) in [7, 11) is 0. The summed E-state index contributed by atoms with van der Waals surface area (Å²) >= 11 is 5.98. The summed E-state index contributed by atoms with van der Waals surface area (Å²) in [5.74, 6) is 0.519. The normalized spacial score (nSPS) is 15.5. The largest absolute Gasteiger partial charge is 0.444 e. The number of carbonyl (C=O) groups excluding carboxylic acids is 1.